The average molecular weight is 304 g/mol. The number of hydrogen-bond acceptors (Lipinski definition) is 3. The summed E-state index contributed by atoms with van der Waals surface area (Å²) in [6.07, 6.45) is -0.476. The average Bonchev–Trinajstić information content (AvgIpc) is 2.80. The standard InChI is InChI=1S/C13H19F3N4O/c1-9(21)20-8-11(3-4-12(20)13(14,15)16)17-5-10-6-18-19(2)7-10/h6-7,11-12,17H,3-5,8H2,1-2H3. The zero-order valence-corrected chi connectivity index (χ0v) is 12.0. The van der Waals surface area contributed by atoms with Crippen LogP contribution in [0.3, 0.4) is 0 Å². The highest BCUT2D eigenvalue weighted by Gasteiger charge is 2.47. The Morgan fingerprint density at radius 1 is 1.48 bits per heavy atom. The second kappa shape index (κ2) is 6.05. The molecule has 0 spiro atoms. The van der Waals surface area contributed by atoms with Crippen molar-refractivity contribution in [1.82, 2.24) is 20.0 Å². The van der Waals surface area contributed by atoms with Crippen LogP contribution in [-0.2, 0) is 18.4 Å². The number of halogens is 3. The third kappa shape index (κ3) is 3.96. The van der Waals surface area contributed by atoms with Gasteiger partial charge in [0.05, 0.1) is 6.20 Å². The summed E-state index contributed by atoms with van der Waals surface area (Å²) >= 11 is 0. The van der Waals surface area contributed by atoms with Gasteiger partial charge in [-0.15, -0.1) is 0 Å². The Bertz CT molecular complexity index is 500. The van der Waals surface area contributed by atoms with Crippen molar-refractivity contribution in [2.24, 2.45) is 7.05 Å². The third-order valence-electron chi connectivity index (χ3n) is 3.72. The van der Waals surface area contributed by atoms with E-state index >= 15 is 0 Å². The Kier molecular flexibility index (Phi) is 4.55. The lowest BCUT2D eigenvalue weighted by Gasteiger charge is -2.40. The number of nitrogens with zero attached hydrogens (tertiary/aromatic N) is 3. The second-order valence-corrected chi connectivity index (χ2v) is 5.41. The maximum Gasteiger partial charge on any atom is 0.408 e. The van der Waals surface area contributed by atoms with Crippen LogP contribution in [0.2, 0.25) is 0 Å². The molecule has 0 saturated carbocycles. The number of hydrogen-bond donors (Lipinski definition) is 1. The number of alkyl halides is 3. The predicted molar refractivity (Wildman–Crippen MR) is 70.3 cm³/mol. The van der Waals surface area contributed by atoms with Gasteiger partial charge in [0, 0.05) is 44.9 Å². The van der Waals surface area contributed by atoms with Gasteiger partial charge < -0.3 is 10.2 Å². The molecular weight excluding hydrogens is 285 g/mol. The summed E-state index contributed by atoms with van der Waals surface area (Å²) in [5.41, 5.74) is 0.963. The van der Waals surface area contributed by atoms with Crippen molar-refractivity contribution in [1.29, 1.82) is 0 Å². The fourth-order valence-corrected chi connectivity index (χ4v) is 2.65. The number of nitrogens with one attached hydrogen (secondary N) is 1. The van der Waals surface area contributed by atoms with Gasteiger partial charge in [0.15, 0.2) is 0 Å². The molecule has 2 heterocycles. The molecule has 2 rings (SSSR count). The van der Waals surface area contributed by atoms with Crippen molar-refractivity contribution >= 4 is 5.91 Å². The Morgan fingerprint density at radius 2 is 2.19 bits per heavy atom. The number of carbonyl (C=O) groups excluding carboxylic acids is 1. The molecule has 5 nitrogen and oxygen atoms in total. The van der Waals surface area contributed by atoms with Gasteiger partial charge in [-0.25, -0.2) is 0 Å². The van der Waals surface area contributed by atoms with Crippen LogP contribution in [0.5, 0.6) is 0 Å². The number of rotatable bonds is 3. The van der Waals surface area contributed by atoms with E-state index in [1.165, 1.54) is 6.92 Å². The van der Waals surface area contributed by atoms with E-state index in [0.29, 0.717) is 13.0 Å². The van der Waals surface area contributed by atoms with E-state index in [0.717, 1.165) is 10.5 Å². The topological polar surface area (TPSA) is 50.2 Å². The normalized spacial score (nSPS) is 23.4. The summed E-state index contributed by atoms with van der Waals surface area (Å²) in [6.45, 7) is 1.79. The molecule has 21 heavy (non-hydrogen) atoms. The van der Waals surface area contributed by atoms with E-state index in [9.17, 15) is 18.0 Å². The van der Waals surface area contributed by atoms with Crippen LogP contribution in [0.25, 0.3) is 0 Å². The van der Waals surface area contributed by atoms with Crippen LogP contribution in [-0.4, -0.2) is 45.4 Å². The van der Waals surface area contributed by atoms with E-state index in [4.69, 9.17) is 0 Å². The molecule has 1 aromatic rings. The molecule has 1 saturated heterocycles. The largest absolute Gasteiger partial charge is 0.408 e. The van der Waals surface area contributed by atoms with Gasteiger partial charge in [-0.2, -0.15) is 18.3 Å². The number of piperidine rings is 1. The molecule has 2 unspecified atom stereocenters. The lowest BCUT2D eigenvalue weighted by atomic mass is 9.97. The van der Waals surface area contributed by atoms with E-state index in [2.05, 4.69) is 10.4 Å². The fourth-order valence-electron chi connectivity index (χ4n) is 2.65. The molecule has 1 amide bonds. The van der Waals surface area contributed by atoms with Crippen molar-refractivity contribution in [2.75, 3.05) is 6.54 Å². The molecule has 0 aliphatic carbocycles. The summed E-state index contributed by atoms with van der Waals surface area (Å²) in [5.74, 6) is -0.537. The predicted octanol–water partition coefficient (Wildman–Crippen LogP) is 1.45. The van der Waals surface area contributed by atoms with Crippen molar-refractivity contribution in [3.8, 4) is 0 Å². The van der Waals surface area contributed by atoms with E-state index in [-0.39, 0.29) is 19.0 Å². The Balaban J connectivity index is 1.94. The number of likely N-dealkylation sites (tertiary alicyclic amines) is 1. The highest BCUT2D eigenvalue weighted by Crippen LogP contribution is 2.32. The molecule has 118 valence electrons. The van der Waals surface area contributed by atoms with Crippen molar-refractivity contribution in [3.63, 3.8) is 0 Å². The van der Waals surface area contributed by atoms with Gasteiger partial charge in [0.25, 0.3) is 0 Å². The summed E-state index contributed by atoms with van der Waals surface area (Å²) in [6, 6.07) is -1.79. The summed E-state index contributed by atoms with van der Waals surface area (Å²) in [5, 5.41) is 7.22. The monoisotopic (exact) mass is 304 g/mol. The van der Waals surface area contributed by atoms with Gasteiger partial charge >= 0.3 is 6.18 Å². The third-order valence-corrected chi connectivity index (χ3v) is 3.72. The second-order valence-electron chi connectivity index (χ2n) is 5.41. The number of aromatic nitrogens is 2. The van der Waals surface area contributed by atoms with Crippen LogP contribution >= 0.6 is 0 Å². The summed E-state index contributed by atoms with van der Waals surface area (Å²) in [7, 11) is 1.80. The van der Waals surface area contributed by atoms with Crippen LogP contribution in [0, 0.1) is 0 Å². The van der Waals surface area contributed by atoms with Gasteiger partial charge in [-0.1, -0.05) is 0 Å². The first-order chi connectivity index (χ1) is 9.77. The zero-order valence-electron chi connectivity index (χ0n) is 12.0. The van der Waals surface area contributed by atoms with Crippen molar-refractivity contribution < 1.29 is 18.0 Å². The van der Waals surface area contributed by atoms with Crippen LogP contribution in [0.15, 0.2) is 12.4 Å². The molecule has 1 aromatic heterocycles. The van der Waals surface area contributed by atoms with Gasteiger partial charge in [0.2, 0.25) is 5.91 Å². The molecular formula is C13H19F3N4O. The van der Waals surface area contributed by atoms with Gasteiger partial charge in [0.1, 0.15) is 6.04 Å². The van der Waals surface area contributed by atoms with Crippen LogP contribution < -0.4 is 5.32 Å². The van der Waals surface area contributed by atoms with E-state index in [1.807, 2.05) is 6.20 Å². The molecule has 1 fully saturated rings. The minimum atomic E-state index is -4.36. The van der Waals surface area contributed by atoms with Crippen molar-refractivity contribution in [2.45, 2.75) is 44.6 Å². The molecule has 1 aliphatic rings. The molecule has 8 heteroatoms. The Morgan fingerprint density at radius 3 is 2.71 bits per heavy atom. The first kappa shape index (κ1) is 15.8. The number of amides is 1. The number of carbonyl (C=O) groups is 1. The summed E-state index contributed by atoms with van der Waals surface area (Å²) < 4.78 is 40.4. The molecule has 0 aromatic carbocycles. The maximum atomic E-state index is 12.9. The highest BCUT2D eigenvalue weighted by atomic mass is 19.4. The molecule has 1 aliphatic heterocycles. The minimum absolute atomic E-state index is 0.0617. The number of aryl methyl sites for hydroxylation is 1. The molecule has 0 radical (unpaired) electrons. The highest BCUT2D eigenvalue weighted by molar-refractivity contribution is 5.73. The van der Waals surface area contributed by atoms with Crippen LogP contribution in [0.4, 0.5) is 13.2 Å². The van der Waals surface area contributed by atoms with Crippen molar-refractivity contribution in [3.05, 3.63) is 18.0 Å². The Labute approximate surface area is 121 Å². The molecule has 0 bridgehead atoms. The quantitative estimate of drug-likeness (QED) is 0.919. The minimum Gasteiger partial charge on any atom is -0.329 e. The zero-order chi connectivity index (χ0) is 15.6. The first-order valence-corrected chi connectivity index (χ1v) is 6.82. The van der Waals surface area contributed by atoms with E-state index < -0.39 is 18.1 Å². The molecule has 1 N–H and O–H groups in total. The van der Waals surface area contributed by atoms with Gasteiger partial charge in [-0.05, 0) is 12.8 Å². The summed E-state index contributed by atoms with van der Waals surface area (Å²) in [4.78, 5) is 12.4. The SMILES string of the molecule is CC(=O)N1CC(NCc2cnn(C)c2)CCC1C(F)(F)F. The molecule has 2 atom stereocenters. The maximum absolute atomic E-state index is 12.9. The fraction of sp³-hybridized carbons (Fsp3) is 0.692. The van der Waals surface area contributed by atoms with Crippen LogP contribution in [0.1, 0.15) is 25.3 Å². The Hall–Kier alpha value is -1.57. The van der Waals surface area contributed by atoms with E-state index in [1.54, 1.807) is 17.9 Å². The lowest BCUT2D eigenvalue weighted by molar-refractivity contribution is -0.196. The first-order valence-electron chi connectivity index (χ1n) is 6.82. The van der Waals surface area contributed by atoms with Gasteiger partial charge in [-0.3, -0.25) is 9.48 Å². The smallest absolute Gasteiger partial charge is 0.329 e. The lowest BCUT2D eigenvalue weighted by Crippen LogP contribution is -2.56.